The van der Waals surface area contributed by atoms with E-state index >= 15 is 0 Å². The molecule has 1 unspecified atom stereocenters. The molecule has 1 aliphatic rings. The molecule has 1 atom stereocenters. The SMILES string of the molecule is COC(=O)C1=C(c2ccccc2)C(C)(C)C(N)C=C1. The zero-order chi connectivity index (χ0) is 14.0. The number of benzene rings is 1. The molecule has 0 aromatic heterocycles. The summed E-state index contributed by atoms with van der Waals surface area (Å²) in [5.41, 5.74) is 8.38. The van der Waals surface area contributed by atoms with Gasteiger partial charge in [0, 0.05) is 11.5 Å². The van der Waals surface area contributed by atoms with Gasteiger partial charge in [-0.1, -0.05) is 50.3 Å². The molecule has 0 saturated heterocycles. The normalized spacial score (nSPS) is 21.4. The molecule has 0 saturated carbocycles. The van der Waals surface area contributed by atoms with E-state index in [0.717, 1.165) is 11.1 Å². The Hall–Kier alpha value is -1.87. The molecule has 0 heterocycles. The highest BCUT2D eigenvalue weighted by Crippen LogP contribution is 2.42. The van der Waals surface area contributed by atoms with Crippen molar-refractivity contribution in [2.24, 2.45) is 11.1 Å². The predicted molar refractivity (Wildman–Crippen MR) is 76.3 cm³/mol. The van der Waals surface area contributed by atoms with E-state index in [2.05, 4.69) is 0 Å². The van der Waals surface area contributed by atoms with Gasteiger partial charge in [0.15, 0.2) is 0 Å². The zero-order valence-electron chi connectivity index (χ0n) is 11.5. The monoisotopic (exact) mass is 257 g/mol. The van der Waals surface area contributed by atoms with Gasteiger partial charge < -0.3 is 10.5 Å². The molecule has 0 fully saturated rings. The maximum absolute atomic E-state index is 12.0. The van der Waals surface area contributed by atoms with Crippen LogP contribution in [0.25, 0.3) is 5.57 Å². The molecule has 1 aromatic carbocycles. The summed E-state index contributed by atoms with van der Waals surface area (Å²) in [4.78, 5) is 12.0. The Morgan fingerprint density at radius 1 is 1.26 bits per heavy atom. The van der Waals surface area contributed by atoms with Crippen LogP contribution in [0.15, 0.2) is 48.1 Å². The van der Waals surface area contributed by atoms with Crippen molar-refractivity contribution in [2.45, 2.75) is 19.9 Å². The lowest BCUT2D eigenvalue weighted by Gasteiger charge is -2.36. The van der Waals surface area contributed by atoms with Crippen LogP contribution >= 0.6 is 0 Å². The van der Waals surface area contributed by atoms with E-state index < -0.39 is 0 Å². The fourth-order valence-corrected chi connectivity index (χ4v) is 2.45. The fourth-order valence-electron chi connectivity index (χ4n) is 2.45. The summed E-state index contributed by atoms with van der Waals surface area (Å²) in [6.07, 6.45) is 3.63. The Balaban J connectivity index is 2.66. The molecule has 0 amide bonds. The average Bonchev–Trinajstić information content (AvgIpc) is 2.41. The molecule has 1 aliphatic carbocycles. The van der Waals surface area contributed by atoms with E-state index in [-0.39, 0.29) is 17.4 Å². The Morgan fingerprint density at radius 2 is 1.89 bits per heavy atom. The summed E-state index contributed by atoms with van der Waals surface area (Å²) in [7, 11) is 1.40. The van der Waals surface area contributed by atoms with E-state index in [4.69, 9.17) is 10.5 Å². The molecule has 0 spiro atoms. The van der Waals surface area contributed by atoms with Crippen molar-refractivity contribution in [3.8, 4) is 0 Å². The number of carbonyl (C=O) groups is 1. The topological polar surface area (TPSA) is 52.3 Å². The number of carbonyl (C=O) groups excluding carboxylic acids is 1. The van der Waals surface area contributed by atoms with Gasteiger partial charge in [0.2, 0.25) is 0 Å². The van der Waals surface area contributed by atoms with Crippen LogP contribution < -0.4 is 5.73 Å². The smallest absolute Gasteiger partial charge is 0.338 e. The minimum Gasteiger partial charge on any atom is -0.465 e. The van der Waals surface area contributed by atoms with Crippen molar-refractivity contribution in [2.75, 3.05) is 7.11 Å². The number of nitrogens with two attached hydrogens (primary N) is 1. The first-order chi connectivity index (χ1) is 8.98. The van der Waals surface area contributed by atoms with E-state index in [1.165, 1.54) is 7.11 Å². The molecule has 0 radical (unpaired) electrons. The van der Waals surface area contributed by atoms with Gasteiger partial charge in [-0.15, -0.1) is 0 Å². The highest BCUT2D eigenvalue weighted by atomic mass is 16.5. The van der Waals surface area contributed by atoms with Crippen molar-refractivity contribution >= 4 is 11.5 Å². The van der Waals surface area contributed by atoms with Crippen LogP contribution in [0.3, 0.4) is 0 Å². The highest BCUT2D eigenvalue weighted by molar-refractivity contribution is 6.02. The second-order valence-electron chi connectivity index (χ2n) is 5.25. The first-order valence-corrected chi connectivity index (χ1v) is 6.30. The summed E-state index contributed by atoms with van der Waals surface area (Å²) >= 11 is 0. The number of methoxy groups -OCH3 is 1. The molecule has 0 bridgehead atoms. The molecule has 3 heteroatoms. The maximum atomic E-state index is 12.0. The lowest BCUT2D eigenvalue weighted by Crippen LogP contribution is -2.39. The predicted octanol–water partition coefficient (Wildman–Crippen LogP) is 2.54. The largest absolute Gasteiger partial charge is 0.465 e. The second kappa shape index (κ2) is 5.02. The summed E-state index contributed by atoms with van der Waals surface area (Å²) in [6, 6.07) is 9.72. The zero-order valence-corrected chi connectivity index (χ0v) is 11.5. The maximum Gasteiger partial charge on any atom is 0.338 e. The summed E-state index contributed by atoms with van der Waals surface area (Å²) in [5, 5.41) is 0. The number of ether oxygens (including phenoxy) is 1. The summed E-state index contributed by atoms with van der Waals surface area (Å²) < 4.78 is 4.88. The summed E-state index contributed by atoms with van der Waals surface area (Å²) in [5.74, 6) is -0.324. The van der Waals surface area contributed by atoms with Crippen molar-refractivity contribution in [3.63, 3.8) is 0 Å². The van der Waals surface area contributed by atoms with Crippen LogP contribution in [-0.4, -0.2) is 19.1 Å². The molecular formula is C16H19NO2. The lowest BCUT2D eigenvalue weighted by molar-refractivity contribution is -0.135. The van der Waals surface area contributed by atoms with Crippen LogP contribution in [0.1, 0.15) is 19.4 Å². The Kier molecular flexibility index (Phi) is 3.58. The van der Waals surface area contributed by atoms with Gasteiger partial charge in [0.25, 0.3) is 0 Å². The van der Waals surface area contributed by atoms with Crippen LogP contribution in [-0.2, 0) is 9.53 Å². The van der Waals surface area contributed by atoms with Crippen LogP contribution in [0, 0.1) is 5.41 Å². The van der Waals surface area contributed by atoms with Gasteiger partial charge in [-0.05, 0) is 17.2 Å². The average molecular weight is 257 g/mol. The molecular weight excluding hydrogens is 238 g/mol. The van der Waals surface area contributed by atoms with Crippen molar-refractivity contribution < 1.29 is 9.53 Å². The van der Waals surface area contributed by atoms with Gasteiger partial charge in [0.1, 0.15) is 0 Å². The molecule has 2 rings (SSSR count). The number of rotatable bonds is 2. The number of esters is 1. The van der Waals surface area contributed by atoms with Crippen LogP contribution in [0.5, 0.6) is 0 Å². The molecule has 1 aromatic rings. The highest BCUT2D eigenvalue weighted by Gasteiger charge is 2.36. The Bertz CT molecular complexity index is 541. The molecule has 3 nitrogen and oxygen atoms in total. The first-order valence-electron chi connectivity index (χ1n) is 6.30. The van der Waals surface area contributed by atoms with E-state index in [1.54, 1.807) is 6.08 Å². The number of hydrogen-bond donors (Lipinski definition) is 1. The first kappa shape index (κ1) is 13.6. The van der Waals surface area contributed by atoms with Crippen LogP contribution in [0.2, 0.25) is 0 Å². The van der Waals surface area contributed by atoms with Crippen molar-refractivity contribution in [1.29, 1.82) is 0 Å². The van der Waals surface area contributed by atoms with Crippen molar-refractivity contribution in [3.05, 3.63) is 53.6 Å². The lowest BCUT2D eigenvalue weighted by atomic mass is 9.70. The third-order valence-electron chi connectivity index (χ3n) is 3.69. The van der Waals surface area contributed by atoms with Gasteiger partial charge in [-0.2, -0.15) is 0 Å². The summed E-state index contributed by atoms with van der Waals surface area (Å²) in [6.45, 7) is 4.10. The van der Waals surface area contributed by atoms with E-state index in [9.17, 15) is 4.79 Å². The van der Waals surface area contributed by atoms with Crippen LogP contribution in [0.4, 0.5) is 0 Å². The molecule has 19 heavy (non-hydrogen) atoms. The van der Waals surface area contributed by atoms with Gasteiger partial charge >= 0.3 is 5.97 Å². The van der Waals surface area contributed by atoms with E-state index in [0.29, 0.717) is 5.57 Å². The third-order valence-corrected chi connectivity index (χ3v) is 3.69. The molecule has 0 aliphatic heterocycles. The minimum absolute atomic E-state index is 0.129. The van der Waals surface area contributed by atoms with Gasteiger partial charge in [-0.25, -0.2) is 4.79 Å². The third kappa shape index (κ3) is 2.34. The number of hydrogen-bond acceptors (Lipinski definition) is 3. The molecule has 100 valence electrons. The Morgan fingerprint density at radius 3 is 2.47 bits per heavy atom. The van der Waals surface area contributed by atoms with Crippen molar-refractivity contribution in [1.82, 2.24) is 0 Å². The minimum atomic E-state index is -0.324. The molecule has 2 N–H and O–H groups in total. The quantitative estimate of drug-likeness (QED) is 0.828. The fraction of sp³-hybridized carbons (Fsp3) is 0.312. The second-order valence-corrected chi connectivity index (χ2v) is 5.25. The standard InChI is InChI=1S/C16H19NO2/c1-16(2)13(17)10-9-12(15(18)19-3)14(16)11-7-5-4-6-8-11/h4-10,13H,17H2,1-3H3. The Labute approximate surface area is 113 Å². The van der Waals surface area contributed by atoms with Gasteiger partial charge in [-0.3, -0.25) is 0 Å². The van der Waals surface area contributed by atoms with E-state index in [1.807, 2.05) is 50.3 Å². The van der Waals surface area contributed by atoms with Gasteiger partial charge in [0.05, 0.1) is 12.7 Å².